The summed E-state index contributed by atoms with van der Waals surface area (Å²) in [7, 11) is 0. The van der Waals surface area contributed by atoms with Gasteiger partial charge in [0.1, 0.15) is 0 Å². The van der Waals surface area contributed by atoms with Crippen LogP contribution in [0.4, 0.5) is 0 Å². The average Bonchev–Trinajstić information content (AvgIpc) is 2.30. The molecule has 0 aliphatic heterocycles. The molecule has 0 spiro atoms. The molecular weight excluding hydrogens is 222 g/mol. The molecule has 0 radical (unpaired) electrons. The van der Waals surface area contributed by atoms with Gasteiger partial charge in [-0.15, -0.1) is 0 Å². The molecule has 1 N–H and O–H groups in total. The predicted octanol–water partition coefficient (Wildman–Crippen LogP) is 3.93. The molecule has 0 heterocycles. The molecule has 2 nitrogen and oxygen atoms in total. The Balaban J connectivity index is 4.73. The van der Waals surface area contributed by atoms with Crippen molar-refractivity contribution < 1.29 is 5.11 Å². The first-order valence-corrected chi connectivity index (χ1v) is 7.77. The van der Waals surface area contributed by atoms with E-state index in [0.29, 0.717) is 18.6 Å². The van der Waals surface area contributed by atoms with Crippen LogP contribution < -0.4 is 0 Å². The molecule has 1 unspecified atom stereocenters. The van der Waals surface area contributed by atoms with Gasteiger partial charge in [-0.25, -0.2) is 0 Å². The van der Waals surface area contributed by atoms with E-state index in [1.54, 1.807) is 0 Å². The number of nitrogens with zero attached hydrogens (tertiary/aromatic N) is 1. The van der Waals surface area contributed by atoms with Crippen LogP contribution in [0.3, 0.4) is 0 Å². The van der Waals surface area contributed by atoms with Crippen molar-refractivity contribution in [3.63, 3.8) is 0 Å². The average molecular weight is 257 g/mol. The van der Waals surface area contributed by atoms with Crippen molar-refractivity contribution in [1.82, 2.24) is 4.90 Å². The predicted molar refractivity (Wildman–Crippen MR) is 80.9 cm³/mol. The van der Waals surface area contributed by atoms with Crippen molar-refractivity contribution in [3.8, 4) is 0 Å². The summed E-state index contributed by atoms with van der Waals surface area (Å²) < 4.78 is 0. The Kier molecular flexibility index (Phi) is 8.89. The Morgan fingerprint density at radius 3 is 2.00 bits per heavy atom. The standard InChI is InChI=1S/C16H35NO/c1-7-10-16(6,13-18)12-17(11-14(4)5)15(8-2)9-3/h14-15,18H,7-13H2,1-6H3. The molecule has 0 bridgehead atoms. The molecule has 0 aromatic carbocycles. The van der Waals surface area contributed by atoms with Crippen molar-refractivity contribution in [1.29, 1.82) is 0 Å². The Labute approximate surface area is 115 Å². The topological polar surface area (TPSA) is 23.5 Å². The lowest BCUT2D eigenvalue weighted by atomic mass is 9.85. The summed E-state index contributed by atoms with van der Waals surface area (Å²) in [6.07, 6.45) is 4.67. The molecule has 2 heteroatoms. The highest BCUT2D eigenvalue weighted by molar-refractivity contribution is 4.81. The zero-order valence-corrected chi connectivity index (χ0v) is 13.5. The van der Waals surface area contributed by atoms with Crippen LogP contribution in [0.25, 0.3) is 0 Å². The van der Waals surface area contributed by atoms with Gasteiger partial charge >= 0.3 is 0 Å². The van der Waals surface area contributed by atoms with Gasteiger partial charge in [-0.3, -0.25) is 4.90 Å². The van der Waals surface area contributed by atoms with Crippen LogP contribution in [0.5, 0.6) is 0 Å². The van der Waals surface area contributed by atoms with Crippen molar-refractivity contribution in [2.24, 2.45) is 11.3 Å². The van der Waals surface area contributed by atoms with E-state index >= 15 is 0 Å². The van der Waals surface area contributed by atoms with Gasteiger partial charge < -0.3 is 5.11 Å². The van der Waals surface area contributed by atoms with Crippen LogP contribution in [-0.2, 0) is 0 Å². The molecule has 0 aromatic rings. The summed E-state index contributed by atoms with van der Waals surface area (Å²) in [5.74, 6) is 0.690. The zero-order valence-electron chi connectivity index (χ0n) is 13.5. The number of hydrogen-bond acceptors (Lipinski definition) is 2. The van der Waals surface area contributed by atoms with Gasteiger partial charge in [0, 0.05) is 31.2 Å². The van der Waals surface area contributed by atoms with E-state index in [9.17, 15) is 5.11 Å². The normalized spacial score (nSPS) is 15.7. The van der Waals surface area contributed by atoms with E-state index < -0.39 is 0 Å². The molecule has 0 rings (SSSR count). The van der Waals surface area contributed by atoms with Gasteiger partial charge in [0.2, 0.25) is 0 Å². The van der Waals surface area contributed by atoms with Gasteiger partial charge in [0.15, 0.2) is 0 Å². The summed E-state index contributed by atoms with van der Waals surface area (Å²) in [5.41, 5.74) is 0.0617. The fourth-order valence-electron chi connectivity index (χ4n) is 2.92. The lowest BCUT2D eigenvalue weighted by molar-refractivity contribution is 0.0500. The molecule has 0 saturated carbocycles. The number of rotatable bonds is 10. The maximum Gasteiger partial charge on any atom is 0.0497 e. The number of hydrogen-bond donors (Lipinski definition) is 1. The van der Waals surface area contributed by atoms with E-state index in [1.165, 1.54) is 12.8 Å². The van der Waals surface area contributed by atoms with Crippen LogP contribution in [-0.4, -0.2) is 35.7 Å². The summed E-state index contributed by atoms with van der Waals surface area (Å²) in [6.45, 7) is 16.0. The number of aliphatic hydroxyl groups is 1. The van der Waals surface area contributed by atoms with Crippen molar-refractivity contribution >= 4 is 0 Å². The van der Waals surface area contributed by atoms with Crippen LogP contribution in [0.15, 0.2) is 0 Å². The largest absolute Gasteiger partial charge is 0.396 e. The van der Waals surface area contributed by atoms with E-state index in [4.69, 9.17) is 0 Å². The third-order valence-corrected chi connectivity index (χ3v) is 3.88. The monoisotopic (exact) mass is 257 g/mol. The minimum absolute atomic E-state index is 0.0617. The molecule has 0 fully saturated rings. The second kappa shape index (κ2) is 8.92. The van der Waals surface area contributed by atoms with Crippen molar-refractivity contribution in [2.45, 2.75) is 73.3 Å². The van der Waals surface area contributed by atoms with E-state index in [1.807, 2.05) is 0 Å². The van der Waals surface area contributed by atoms with Gasteiger partial charge in [-0.05, 0) is 25.2 Å². The Hall–Kier alpha value is -0.0800. The van der Waals surface area contributed by atoms with Crippen LogP contribution in [0.1, 0.15) is 67.2 Å². The molecule has 0 aliphatic carbocycles. The summed E-state index contributed by atoms with van der Waals surface area (Å²) in [6, 6.07) is 0.662. The third kappa shape index (κ3) is 6.19. The summed E-state index contributed by atoms with van der Waals surface area (Å²) in [5, 5.41) is 9.70. The second-order valence-electron chi connectivity index (χ2n) is 6.51. The van der Waals surface area contributed by atoms with Gasteiger partial charge in [0.05, 0.1) is 0 Å². The van der Waals surface area contributed by atoms with Crippen molar-refractivity contribution in [2.75, 3.05) is 19.7 Å². The van der Waals surface area contributed by atoms with Crippen LogP contribution >= 0.6 is 0 Å². The van der Waals surface area contributed by atoms with Gasteiger partial charge in [-0.2, -0.15) is 0 Å². The minimum atomic E-state index is 0.0617. The summed E-state index contributed by atoms with van der Waals surface area (Å²) >= 11 is 0. The highest BCUT2D eigenvalue weighted by atomic mass is 16.3. The molecule has 0 saturated heterocycles. The highest BCUT2D eigenvalue weighted by Crippen LogP contribution is 2.26. The molecule has 0 amide bonds. The highest BCUT2D eigenvalue weighted by Gasteiger charge is 2.28. The Morgan fingerprint density at radius 2 is 1.67 bits per heavy atom. The maximum atomic E-state index is 9.70. The smallest absolute Gasteiger partial charge is 0.0497 e. The van der Waals surface area contributed by atoms with Gasteiger partial charge in [0.25, 0.3) is 0 Å². The second-order valence-corrected chi connectivity index (χ2v) is 6.51. The fourth-order valence-corrected chi connectivity index (χ4v) is 2.92. The minimum Gasteiger partial charge on any atom is -0.396 e. The molecule has 18 heavy (non-hydrogen) atoms. The summed E-state index contributed by atoms with van der Waals surface area (Å²) in [4.78, 5) is 2.61. The first kappa shape index (κ1) is 17.9. The quantitative estimate of drug-likeness (QED) is 0.641. The third-order valence-electron chi connectivity index (χ3n) is 3.88. The first-order chi connectivity index (χ1) is 8.42. The molecule has 110 valence electrons. The molecule has 0 aromatic heterocycles. The number of aliphatic hydroxyl groups excluding tert-OH is 1. The fraction of sp³-hybridized carbons (Fsp3) is 1.00. The van der Waals surface area contributed by atoms with Crippen LogP contribution in [0.2, 0.25) is 0 Å². The molecule has 0 aliphatic rings. The van der Waals surface area contributed by atoms with E-state index in [0.717, 1.165) is 25.9 Å². The van der Waals surface area contributed by atoms with Crippen LogP contribution in [0, 0.1) is 11.3 Å². The maximum absolute atomic E-state index is 9.70. The lowest BCUT2D eigenvalue weighted by Gasteiger charge is -2.39. The Bertz CT molecular complexity index is 201. The SMILES string of the molecule is CCCC(C)(CO)CN(CC(C)C)C(CC)CC. The Morgan fingerprint density at radius 1 is 1.11 bits per heavy atom. The zero-order chi connectivity index (χ0) is 14.2. The first-order valence-electron chi connectivity index (χ1n) is 7.77. The van der Waals surface area contributed by atoms with Crippen molar-refractivity contribution in [3.05, 3.63) is 0 Å². The molecular formula is C16H35NO. The van der Waals surface area contributed by atoms with E-state index in [2.05, 4.69) is 46.4 Å². The lowest BCUT2D eigenvalue weighted by Crippen LogP contribution is -2.45. The molecule has 1 atom stereocenters. The van der Waals surface area contributed by atoms with Gasteiger partial charge in [-0.1, -0.05) is 48.0 Å². The van der Waals surface area contributed by atoms with E-state index in [-0.39, 0.29) is 5.41 Å².